The second kappa shape index (κ2) is 5.18. The van der Waals surface area contributed by atoms with Crippen molar-refractivity contribution < 1.29 is 0 Å². The highest BCUT2D eigenvalue weighted by atomic mass is 32.1. The number of nitrogens with two attached hydrogens (primary N) is 1. The number of nitrogen functional groups attached to an aromatic ring is 1. The van der Waals surface area contributed by atoms with Crippen LogP contribution >= 0.6 is 11.3 Å². The summed E-state index contributed by atoms with van der Waals surface area (Å²) in [4.78, 5) is 6.36. The van der Waals surface area contributed by atoms with Gasteiger partial charge < -0.3 is 10.6 Å². The number of aromatic nitrogens is 1. The smallest absolute Gasteiger partial charge is 0.124 e. The third kappa shape index (κ3) is 2.51. The van der Waals surface area contributed by atoms with E-state index >= 15 is 0 Å². The van der Waals surface area contributed by atoms with Gasteiger partial charge in [0.2, 0.25) is 0 Å². The molecular weight excluding hydrogens is 244 g/mol. The number of thiazole rings is 1. The molecule has 0 saturated heterocycles. The molecule has 0 aliphatic carbocycles. The van der Waals surface area contributed by atoms with Crippen LogP contribution in [0.5, 0.6) is 0 Å². The van der Waals surface area contributed by atoms with Crippen LogP contribution in [-0.4, -0.2) is 17.9 Å². The molecule has 1 heterocycles. The van der Waals surface area contributed by atoms with Crippen LogP contribution in [0.2, 0.25) is 0 Å². The molecule has 0 amide bonds. The maximum atomic E-state index is 7.65. The van der Waals surface area contributed by atoms with E-state index in [9.17, 15) is 0 Å². The zero-order valence-corrected chi connectivity index (χ0v) is 11.3. The minimum absolute atomic E-state index is 0.0961. The van der Waals surface area contributed by atoms with E-state index in [2.05, 4.69) is 9.88 Å². The van der Waals surface area contributed by atoms with Crippen LogP contribution in [-0.2, 0) is 6.54 Å². The Balaban J connectivity index is 2.34. The molecule has 1 aromatic carbocycles. The van der Waals surface area contributed by atoms with Crippen molar-refractivity contribution >= 4 is 22.9 Å². The predicted octanol–water partition coefficient (Wildman–Crippen LogP) is 2.37. The zero-order valence-electron chi connectivity index (χ0n) is 10.5. The average molecular weight is 260 g/mol. The Morgan fingerprint density at radius 3 is 2.89 bits per heavy atom. The first-order valence-electron chi connectivity index (χ1n) is 5.62. The highest BCUT2D eigenvalue weighted by molar-refractivity contribution is 7.07. The standard InChI is InChI=1S/C13H16N4S/c1-9-4-3-5-11(13(14)15)12(9)17(2)6-10-7-18-8-16-10/h3-5,7-8H,6H2,1-2H3,(H3,14,15). The molecule has 2 aromatic rings. The molecule has 94 valence electrons. The van der Waals surface area contributed by atoms with Gasteiger partial charge in [-0.3, -0.25) is 5.41 Å². The van der Waals surface area contributed by atoms with Crippen molar-refractivity contribution in [1.29, 1.82) is 5.41 Å². The molecule has 4 nitrogen and oxygen atoms in total. The molecule has 0 aliphatic rings. The number of amidine groups is 1. The van der Waals surface area contributed by atoms with Crippen LogP contribution in [0.4, 0.5) is 5.69 Å². The number of benzene rings is 1. The van der Waals surface area contributed by atoms with E-state index in [4.69, 9.17) is 11.1 Å². The number of anilines is 1. The highest BCUT2D eigenvalue weighted by Crippen LogP contribution is 2.25. The van der Waals surface area contributed by atoms with Gasteiger partial charge in [-0.15, -0.1) is 11.3 Å². The maximum absolute atomic E-state index is 7.65. The van der Waals surface area contributed by atoms with Gasteiger partial charge in [0.15, 0.2) is 0 Å². The quantitative estimate of drug-likeness (QED) is 0.655. The summed E-state index contributed by atoms with van der Waals surface area (Å²) >= 11 is 1.59. The Labute approximate surface area is 111 Å². The topological polar surface area (TPSA) is 66.0 Å². The third-order valence-corrected chi connectivity index (χ3v) is 3.43. The van der Waals surface area contributed by atoms with Gasteiger partial charge in [0.1, 0.15) is 5.84 Å². The van der Waals surface area contributed by atoms with Crippen molar-refractivity contribution in [3.63, 3.8) is 0 Å². The first-order valence-corrected chi connectivity index (χ1v) is 6.56. The fourth-order valence-electron chi connectivity index (χ4n) is 2.02. The fraction of sp³-hybridized carbons (Fsp3) is 0.231. The van der Waals surface area contributed by atoms with E-state index in [0.717, 1.165) is 22.5 Å². The first-order chi connectivity index (χ1) is 8.59. The van der Waals surface area contributed by atoms with Crippen molar-refractivity contribution in [1.82, 2.24) is 4.98 Å². The zero-order chi connectivity index (χ0) is 13.1. The lowest BCUT2D eigenvalue weighted by Crippen LogP contribution is -2.23. The van der Waals surface area contributed by atoms with Crippen LogP contribution in [0.15, 0.2) is 29.1 Å². The van der Waals surface area contributed by atoms with Crippen molar-refractivity contribution in [3.8, 4) is 0 Å². The van der Waals surface area contributed by atoms with Crippen molar-refractivity contribution in [2.75, 3.05) is 11.9 Å². The van der Waals surface area contributed by atoms with E-state index in [1.54, 1.807) is 11.3 Å². The number of hydrogen-bond acceptors (Lipinski definition) is 4. The molecule has 2 rings (SSSR count). The summed E-state index contributed by atoms with van der Waals surface area (Å²) < 4.78 is 0. The molecule has 0 atom stereocenters. The summed E-state index contributed by atoms with van der Waals surface area (Å²) in [5, 5.41) is 9.68. The normalized spacial score (nSPS) is 10.3. The summed E-state index contributed by atoms with van der Waals surface area (Å²) in [6.07, 6.45) is 0. The summed E-state index contributed by atoms with van der Waals surface area (Å²) in [6.45, 7) is 2.74. The lowest BCUT2D eigenvalue weighted by Gasteiger charge is -2.23. The van der Waals surface area contributed by atoms with Crippen molar-refractivity contribution in [3.05, 3.63) is 45.9 Å². The van der Waals surface area contributed by atoms with Crippen molar-refractivity contribution in [2.24, 2.45) is 5.73 Å². The SMILES string of the molecule is Cc1cccc(C(=N)N)c1N(C)Cc1cscn1. The van der Waals surface area contributed by atoms with Gasteiger partial charge in [0.25, 0.3) is 0 Å². The minimum atomic E-state index is 0.0961. The second-order valence-corrected chi connectivity index (χ2v) is 4.94. The van der Waals surface area contributed by atoms with Crippen LogP contribution in [0, 0.1) is 12.3 Å². The minimum Gasteiger partial charge on any atom is -0.384 e. The Hall–Kier alpha value is -1.88. The molecule has 3 N–H and O–H groups in total. The molecule has 0 saturated carbocycles. The fourth-order valence-corrected chi connectivity index (χ4v) is 2.57. The largest absolute Gasteiger partial charge is 0.384 e. The summed E-state index contributed by atoms with van der Waals surface area (Å²) in [6, 6.07) is 5.83. The van der Waals surface area contributed by atoms with Gasteiger partial charge in [-0.05, 0) is 18.6 Å². The number of nitrogens with one attached hydrogen (secondary N) is 1. The summed E-state index contributed by atoms with van der Waals surface area (Å²) in [7, 11) is 1.99. The van der Waals surface area contributed by atoms with Crippen LogP contribution < -0.4 is 10.6 Å². The Morgan fingerprint density at radius 1 is 1.50 bits per heavy atom. The predicted molar refractivity (Wildman–Crippen MR) is 76.4 cm³/mol. The summed E-state index contributed by atoms with van der Waals surface area (Å²) in [5.41, 5.74) is 11.4. The molecule has 0 bridgehead atoms. The lowest BCUT2D eigenvalue weighted by molar-refractivity contribution is 0.888. The number of hydrogen-bond donors (Lipinski definition) is 2. The molecule has 0 spiro atoms. The Bertz CT molecular complexity index is 548. The van der Waals surface area contributed by atoms with Crippen molar-refractivity contribution in [2.45, 2.75) is 13.5 Å². The number of nitrogens with zero attached hydrogens (tertiary/aromatic N) is 2. The number of rotatable bonds is 4. The van der Waals surface area contributed by atoms with Gasteiger partial charge in [-0.25, -0.2) is 4.98 Å². The van der Waals surface area contributed by atoms with Crippen LogP contribution in [0.1, 0.15) is 16.8 Å². The maximum Gasteiger partial charge on any atom is 0.124 e. The van der Waals surface area contributed by atoms with Gasteiger partial charge in [-0.2, -0.15) is 0 Å². The average Bonchev–Trinajstić information content (AvgIpc) is 2.81. The Kier molecular flexibility index (Phi) is 3.62. The van der Waals surface area contributed by atoms with E-state index in [1.165, 1.54) is 0 Å². The van der Waals surface area contributed by atoms with Gasteiger partial charge in [0.05, 0.1) is 23.4 Å². The van der Waals surface area contributed by atoms with E-state index in [1.807, 2.05) is 43.1 Å². The van der Waals surface area contributed by atoms with Gasteiger partial charge >= 0.3 is 0 Å². The molecule has 5 heteroatoms. The number of para-hydroxylation sites is 1. The molecular formula is C13H16N4S. The lowest BCUT2D eigenvalue weighted by atomic mass is 10.1. The first kappa shape index (κ1) is 12.6. The van der Waals surface area contributed by atoms with E-state index < -0.39 is 0 Å². The third-order valence-electron chi connectivity index (χ3n) is 2.79. The highest BCUT2D eigenvalue weighted by Gasteiger charge is 2.13. The monoisotopic (exact) mass is 260 g/mol. The van der Waals surface area contributed by atoms with E-state index in [-0.39, 0.29) is 5.84 Å². The van der Waals surface area contributed by atoms with Gasteiger partial charge in [0, 0.05) is 18.0 Å². The molecule has 18 heavy (non-hydrogen) atoms. The van der Waals surface area contributed by atoms with E-state index in [0.29, 0.717) is 6.54 Å². The van der Waals surface area contributed by atoms with Gasteiger partial charge in [-0.1, -0.05) is 12.1 Å². The van der Waals surface area contributed by atoms with Crippen LogP contribution in [0.25, 0.3) is 0 Å². The molecule has 0 fully saturated rings. The molecule has 1 aromatic heterocycles. The second-order valence-electron chi connectivity index (χ2n) is 4.22. The molecule has 0 radical (unpaired) electrons. The Morgan fingerprint density at radius 2 is 2.28 bits per heavy atom. The molecule has 0 unspecified atom stereocenters. The summed E-state index contributed by atoms with van der Waals surface area (Å²) in [5.74, 6) is 0.0961. The number of aryl methyl sites for hydroxylation is 1. The van der Waals surface area contributed by atoms with Crippen LogP contribution in [0.3, 0.4) is 0 Å². The molecule has 0 aliphatic heterocycles.